The predicted molar refractivity (Wildman–Crippen MR) is 74.9 cm³/mol. The Kier molecular flexibility index (Phi) is 4.59. The van der Waals surface area contributed by atoms with Gasteiger partial charge in [0.05, 0.1) is 0 Å². The number of benzene rings is 1. The van der Waals surface area contributed by atoms with E-state index in [9.17, 15) is 4.79 Å². The van der Waals surface area contributed by atoms with Gasteiger partial charge in [-0.1, -0.05) is 6.92 Å². The van der Waals surface area contributed by atoms with Gasteiger partial charge in [-0.3, -0.25) is 4.79 Å². The number of carbonyl (C=O) groups is 1. The van der Waals surface area contributed by atoms with Gasteiger partial charge in [-0.25, -0.2) is 0 Å². The molecule has 1 aromatic carbocycles. The van der Waals surface area contributed by atoms with E-state index in [4.69, 9.17) is 0 Å². The summed E-state index contributed by atoms with van der Waals surface area (Å²) in [6.45, 7) is 4.00. The van der Waals surface area contributed by atoms with Gasteiger partial charge in [-0.2, -0.15) is 0 Å². The predicted octanol–water partition coefficient (Wildman–Crippen LogP) is 2.20. The van der Waals surface area contributed by atoms with Crippen LogP contribution in [0.15, 0.2) is 24.3 Å². The van der Waals surface area contributed by atoms with Crippen molar-refractivity contribution in [2.24, 2.45) is 0 Å². The summed E-state index contributed by atoms with van der Waals surface area (Å²) in [7, 11) is 0. The number of rotatable bonds is 4. The quantitative estimate of drug-likeness (QED) is 0.764. The summed E-state index contributed by atoms with van der Waals surface area (Å²) >= 11 is 0. The first-order chi connectivity index (χ1) is 8.78. The zero-order valence-corrected chi connectivity index (χ0v) is 10.8. The maximum atomic E-state index is 11.2. The second-order valence-corrected chi connectivity index (χ2v) is 4.67. The molecule has 1 amide bonds. The highest BCUT2D eigenvalue weighted by atomic mass is 16.1. The van der Waals surface area contributed by atoms with Crippen molar-refractivity contribution in [2.75, 3.05) is 23.7 Å². The van der Waals surface area contributed by atoms with Gasteiger partial charge in [-0.15, -0.1) is 0 Å². The van der Waals surface area contributed by atoms with Crippen LogP contribution < -0.4 is 16.0 Å². The van der Waals surface area contributed by atoms with Gasteiger partial charge in [0, 0.05) is 30.4 Å². The lowest BCUT2D eigenvalue weighted by molar-refractivity contribution is -0.115. The number of anilines is 2. The van der Waals surface area contributed by atoms with E-state index in [0.717, 1.165) is 24.5 Å². The molecule has 0 aliphatic carbocycles. The molecule has 1 aliphatic rings. The Labute approximate surface area is 108 Å². The van der Waals surface area contributed by atoms with Crippen LogP contribution in [0.4, 0.5) is 11.4 Å². The van der Waals surface area contributed by atoms with Gasteiger partial charge in [0.25, 0.3) is 0 Å². The zero-order valence-electron chi connectivity index (χ0n) is 10.8. The highest BCUT2D eigenvalue weighted by molar-refractivity contribution is 5.90. The third-order valence-electron chi connectivity index (χ3n) is 3.16. The molecule has 1 aliphatic heterocycles. The Morgan fingerprint density at radius 3 is 2.67 bits per heavy atom. The third kappa shape index (κ3) is 3.74. The summed E-state index contributed by atoms with van der Waals surface area (Å²) in [5.74, 6) is 0.0483. The maximum absolute atomic E-state index is 11.2. The van der Waals surface area contributed by atoms with Crippen molar-refractivity contribution in [1.29, 1.82) is 0 Å². The van der Waals surface area contributed by atoms with Crippen molar-refractivity contribution in [3.05, 3.63) is 24.3 Å². The molecule has 0 spiro atoms. The molecule has 0 radical (unpaired) electrons. The zero-order chi connectivity index (χ0) is 12.8. The molecule has 0 saturated carbocycles. The van der Waals surface area contributed by atoms with Crippen molar-refractivity contribution in [2.45, 2.75) is 32.2 Å². The van der Waals surface area contributed by atoms with Crippen molar-refractivity contribution in [1.82, 2.24) is 5.32 Å². The molecule has 1 aromatic rings. The minimum atomic E-state index is 0.0483. The SMILES string of the molecule is CCC(=O)Nc1ccc(NC2CCCNC2)cc1. The van der Waals surface area contributed by atoms with Crippen LogP contribution in [0.2, 0.25) is 0 Å². The van der Waals surface area contributed by atoms with Gasteiger partial charge in [0.15, 0.2) is 0 Å². The average Bonchev–Trinajstić information content (AvgIpc) is 2.42. The van der Waals surface area contributed by atoms with Gasteiger partial charge in [-0.05, 0) is 43.7 Å². The molecule has 18 heavy (non-hydrogen) atoms. The fraction of sp³-hybridized carbons (Fsp3) is 0.500. The van der Waals surface area contributed by atoms with E-state index in [0.29, 0.717) is 12.5 Å². The van der Waals surface area contributed by atoms with Crippen LogP contribution in [0.25, 0.3) is 0 Å². The van der Waals surface area contributed by atoms with Gasteiger partial charge >= 0.3 is 0 Å². The number of amides is 1. The van der Waals surface area contributed by atoms with Crippen molar-refractivity contribution in [3.63, 3.8) is 0 Å². The number of hydrogen-bond donors (Lipinski definition) is 3. The Hall–Kier alpha value is -1.55. The van der Waals surface area contributed by atoms with Gasteiger partial charge in [0.2, 0.25) is 5.91 Å². The summed E-state index contributed by atoms with van der Waals surface area (Å²) in [5.41, 5.74) is 1.97. The van der Waals surface area contributed by atoms with Crippen LogP contribution in [-0.4, -0.2) is 25.0 Å². The fourth-order valence-corrected chi connectivity index (χ4v) is 2.11. The van der Waals surface area contributed by atoms with E-state index in [-0.39, 0.29) is 5.91 Å². The van der Waals surface area contributed by atoms with E-state index < -0.39 is 0 Å². The average molecular weight is 247 g/mol. The number of piperidine rings is 1. The van der Waals surface area contributed by atoms with Crippen LogP contribution >= 0.6 is 0 Å². The smallest absolute Gasteiger partial charge is 0.224 e. The molecule has 0 aromatic heterocycles. The summed E-state index contributed by atoms with van der Waals surface area (Å²) in [5, 5.41) is 9.72. The fourth-order valence-electron chi connectivity index (χ4n) is 2.11. The topological polar surface area (TPSA) is 53.2 Å². The van der Waals surface area contributed by atoms with E-state index in [2.05, 4.69) is 16.0 Å². The Morgan fingerprint density at radius 1 is 1.33 bits per heavy atom. The number of carbonyl (C=O) groups excluding carboxylic acids is 1. The first-order valence-electron chi connectivity index (χ1n) is 6.65. The largest absolute Gasteiger partial charge is 0.381 e. The summed E-state index contributed by atoms with van der Waals surface area (Å²) in [4.78, 5) is 11.2. The summed E-state index contributed by atoms with van der Waals surface area (Å²) in [6, 6.07) is 8.41. The van der Waals surface area contributed by atoms with E-state index in [1.54, 1.807) is 0 Å². The van der Waals surface area contributed by atoms with Gasteiger partial charge < -0.3 is 16.0 Å². The summed E-state index contributed by atoms with van der Waals surface area (Å²) in [6.07, 6.45) is 2.94. The normalized spacial score (nSPS) is 19.3. The molecule has 2 rings (SSSR count). The Morgan fingerprint density at radius 2 is 2.06 bits per heavy atom. The second-order valence-electron chi connectivity index (χ2n) is 4.67. The molecule has 4 heteroatoms. The van der Waals surface area contributed by atoms with E-state index in [1.165, 1.54) is 12.8 Å². The first kappa shape index (κ1) is 12.9. The minimum Gasteiger partial charge on any atom is -0.381 e. The second kappa shape index (κ2) is 6.40. The molecule has 1 unspecified atom stereocenters. The van der Waals surface area contributed by atoms with Crippen LogP contribution in [0.5, 0.6) is 0 Å². The van der Waals surface area contributed by atoms with Crippen LogP contribution in [0.1, 0.15) is 26.2 Å². The van der Waals surface area contributed by atoms with E-state index >= 15 is 0 Å². The third-order valence-corrected chi connectivity index (χ3v) is 3.16. The molecule has 1 atom stereocenters. The molecule has 1 saturated heterocycles. The maximum Gasteiger partial charge on any atom is 0.224 e. The molecule has 0 bridgehead atoms. The lowest BCUT2D eigenvalue weighted by Crippen LogP contribution is -2.38. The molecule has 1 fully saturated rings. The molecule has 3 N–H and O–H groups in total. The molecular formula is C14H21N3O. The minimum absolute atomic E-state index is 0.0483. The van der Waals surface area contributed by atoms with E-state index in [1.807, 2.05) is 31.2 Å². The lowest BCUT2D eigenvalue weighted by atomic mass is 10.1. The highest BCUT2D eigenvalue weighted by Crippen LogP contribution is 2.16. The highest BCUT2D eigenvalue weighted by Gasteiger charge is 2.12. The van der Waals surface area contributed by atoms with Crippen LogP contribution in [0, 0.1) is 0 Å². The van der Waals surface area contributed by atoms with Gasteiger partial charge in [0.1, 0.15) is 0 Å². The van der Waals surface area contributed by atoms with Crippen LogP contribution in [-0.2, 0) is 4.79 Å². The van der Waals surface area contributed by atoms with Crippen molar-refractivity contribution >= 4 is 17.3 Å². The number of nitrogens with one attached hydrogen (secondary N) is 3. The first-order valence-corrected chi connectivity index (χ1v) is 6.65. The molecular weight excluding hydrogens is 226 g/mol. The molecule has 4 nitrogen and oxygen atoms in total. The number of hydrogen-bond acceptors (Lipinski definition) is 3. The Balaban J connectivity index is 1.88. The monoisotopic (exact) mass is 247 g/mol. The van der Waals surface area contributed by atoms with Crippen molar-refractivity contribution in [3.8, 4) is 0 Å². The van der Waals surface area contributed by atoms with Crippen LogP contribution in [0.3, 0.4) is 0 Å². The van der Waals surface area contributed by atoms with Crippen molar-refractivity contribution < 1.29 is 4.79 Å². The standard InChI is InChI=1S/C14H21N3O/c1-2-14(18)17-12-7-5-11(6-8-12)16-13-4-3-9-15-10-13/h5-8,13,15-16H,2-4,9-10H2,1H3,(H,17,18). The Bertz CT molecular complexity index is 383. The molecule has 1 heterocycles. The summed E-state index contributed by atoms with van der Waals surface area (Å²) < 4.78 is 0. The lowest BCUT2D eigenvalue weighted by Gasteiger charge is -2.24. The molecule has 98 valence electrons.